The summed E-state index contributed by atoms with van der Waals surface area (Å²) in [6.45, 7) is 3.32. The SMILES string of the molecule is C[C@H](NC(=O)c1cnn(-c2ccccc2)n1)C(=O)N1CCC2(CC1)CC2. The first-order valence-corrected chi connectivity index (χ1v) is 9.14. The van der Waals surface area contributed by atoms with Gasteiger partial charge in [0.05, 0.1) is 11.9 Å². The van der Waals surface area contributed by atoms with Gasteiger partial charge in [-0.15, -0.1) is 5.10 Å². The molecule has 2 aliphatic rings. The van der Waals surface area contributed by atoms with Crippen molar-refractivity contribution in [3.63, 3.8) is 0 Å². The number of hydrogen-bond acceptors (Lipinski definition) is 4. The van der Waals surface area contributed by atoms with E-state index in [1.54, 1.807) is 6.92 Å². The molecule has 136 valence electrons. The molecule has 1 atom stereocenters. The number of carbonyl (C=O) groups excluding carboxylic acids is 2. The number of benzene rings is 1. The third-order valence-electron chi connectivity index (χ3n) is 5.52. The fourth-order valence-electron chi connectivity index (χ4n) is 3.54. The van der Waals surface area contributed by atoms with Crippen LogP contribution in [-0.2, 0) is 4.79 Å². The first-order valence-electron chi connectivity index (χ1n) is 9.14. The number of piperidine rings is 1. The van der Waals surface area contributed by atoms with Crippen LogP contribution in [0.25, 0.3) is 5.69 Å². The van der Waals surface area contributed by atoms with Crippen molar-refractivity contribution in [3.05, 3.63) is 42.2 Å². The number of nitrogens with zero attached hydrogens (tertiary/aromatic N) is 4. The molecule has 1 aliphatic heterocycles. The lowest BCUT2D eigenvalue weighted by Gasteiger charge is -2.33. The largest absolute Gasteiger partial charge is 0.341 e. The normalized spacial score (nSPS) is 19.2. The topological polar surface area (TPSA) is 80.1 Å². The van der Waals surface area contributed by atoms with Gasteiger partial charge in [-0.2, -0.15) is 9.90 Å². The molecule has 7 nitrogen and oxygen atoms in total. The van der Waals surface area contributed by atoms with Gasteiger partial charge in [-0.1, -0.05) is 18.2 Å². The van der Waals surface area contributed by atoms with E-state index in [1.165, 1.54) is 23.8 Å². The van der Waals surface area contributed by atoms with Crippen LogP contribution in [0.5, 0.6) is 0 Å². The Bertz CT molecular complexity index is 802. The molecule has 1 aromatic carbocycles. The zero-order chi connectivity index (χ0) is 18.1. The van der Waals surface area contributed by atoms with Gasteiger partial charge in [0.15, 0.2) is 5.69 Å². The van der Waals surface area contributed by atoms with Crippen molar-refractivity contribution >= 4 is 11.8 Å². The molecule has 0 bridgehead atoms. The van der Waals surface area contributed by atoms with Crippen LogP contribution in [0.15, 0.2) is 36.5 Å². The summed E-state index contributed by atoms with van der Waals surface area (Å²) in [6, 6.07) is 8.80. The fraction of sp³-hybridized carbons (Fsp3) is 0.474. The molecular weight excluding hydrogens is 330 g/mol. The van der Waals surface area contributed by atoms with Crippen molar-refractivity contribution in [1.29, 1.82) is 0 Å². The Kier molecular flexibility index (Phi) is 4.22. The maximum Gasteiger partial charge on any atom is 0.274 e. The summed E-state index contributed by atoms with van der Waals surface area (Å²) < 4.78 is 0. The molecule has 26 heavy (non-hydrogen) atoms. The first kappa shape index (κ1) is 16.8. The average molecular weight is 353 g/mol. The number of amides is 2. The Morgan fingerprint density at radius 1 is 1.12 bits per heavy atom. The molecule has 1 aromatic heterocycles. The lowest BCUT2D eigenvalue weighted by Crippen LogP contribution is -2.49. The minimum absolute atomic E-state index is 0.0238. The molecule has 1 saturated carbocycles. The molecule has 1 aliphatic carbocycles. The Morgan fingerprint density at radius 3 is 2.46 bits per heavy atom. The van der Waals surface area contributed by atoms with Crippen LogP contribution in [0.1, 0.15) is 43.1 Å². The van der Waals surface area contributed by atoms with E-state index in [0.717, 1.165) is 31.6 Å². The van der Waals surface area contributed by atoms with Crippen LogP contribution >= 0.6 is 0 Å². The summed E-state index contributed by atoms with van der Waals surface area (Å²) in [7, 11) is 0. The van der Waals surface area contributed by atoms with E-state index in [0.29, 0.717) is 5.41 Å². The third-order valence-corrected chi connectivity index (χ3v) is 5.52. The summed E-state index contributed by atoms with van der Waals surface area (Å²) in [5.41, 5.74) is 1.50. The van der Waals surface area contributed by atoms with Crippen LogP contribution in [0.4, 0.5) is 0 Å². The zero-order valence-electron chi connectivity index (χ0n) is 14.9. The molecule has 0 unspecified atom stereocenters. The van der Waals surface area contributed by atoms with E-state index in [4.69, 9.17) is 0 Å². The molecule has 7 heteroatoms. The van der Waals surface area contributed by atoms with Gasteiger partial charge in [-0.05, 0) is 50.2 Å². The number of hydrogen-bond donors (Lipinski definition) is 1. The lowest BCUT2D eigenvalue weighted by atomic mass is 9.93. The Labute approximate surface area is 152 Å². The van der Waals surface area contributed by atoms with E-state index in [1.807, 2.05) is 35.2 Å². The van der Waals surface area contributed by atoms with Crippen molar-refractivity contribution in [2.75, 3.05) is 13.1 Å². The molecule has 4 rings (SSSR count). The van der Waals surface area contributed by atoms with Crippen molar-refractivity contribution in [1.82, 2.24) is 25.2 Å². The number of rotatable bonds is 4. The van der Waals surface area contributed by atoms with E-state index in [2.05, 4.69) is 15.5 Å². The second kappa shape index (κ2) is 6.55. The van der Waals surface area contributed by atoms with E-state index < -0.39 is 6.04 Å². The lowest BCUT2D eigenvalue weighted by molar-refractivity contribution is -0.134. The smallest absolute Gasteiger partial charge is 0.274 e. The predicted octanol–water partition coefficient (Wildman–Crippen LogP) is 1.79. The molecule has 1 saturated heterocycles. The van der Waals surface area contributed by atoms with Gasteiger partial charge >= 0.3 is 0 Å². The number of aromatic nitrogens is 3. The van der Waals surface area contributed by atoms with Gasteiger partial charge in [0.1, 0.15) is 6.04 Å². The van der Waals surface area contributed by atoms with Crippen LogP contribution in [-0.4, -0.2) is 50.8 Å². The van der Waals surface area contributed by atoms with Crippen molar-refractivity contribution in [3.8, 4) is 5.69 Å². The van der Waals surface area contributed by atoms with Crippen LogP contribution in [0.3, 0.4) is 0 Å². The number of nitrogens with one attached hydrogen (secondary N) is 1. The van der Waals surface area contributed by atoms with Crippen molar-refractivity contribution < 1.29 is 9.59 Å². The van der Waals surface area contributed by atoms with Gasteiger partial charge in [-0.3, -0.25) is 9.59 Å². The predicted molar refractivity (Wildman–Crippen MR) is 95.8 cm³/mol. The highest BCUT2D eigenvalue weighted by Crippen LogP contribution is 2.53. The summed E-state index contributed by atoms with van der Waals surface area (Å²) >= 11 is 0. The standard InChI is InChI=1S/C19H23N5O2/c1-14(18(26)23-11-9-19(7-8-19)10-12-23)21-17(25)16-13-20-24(22-16)15-5-3-2-4-6-15/h2-6,13-14H,7-12H2,1H3,(H,21,25)/t14-/m0/s1. The molecule has 2 fully saturated rings. The maximum absolute atomic E-state index is 12.6. The fourth-order valence-corrected chi connectivity index (χ4v) is 3.54. The summed E-state index contributed by atoms with van der Waals surface area (Å²) in [4.78, 5) is 28.3. The Hall–Kier alpha value is -2.70. The number of carbonyl (C=O) groups is 2. The molecule has 2 amide bonds. The highest BCUT2D eigenvalue weighted by molar-refractivity contribution is 5.95. The van der Waals surface area contributed by atoms with Crippen molar-refractivity contribution in [2.45, 2.75) is 38.6 Å². The maximum atomic E-state index is 12.6. The van der Waals surface area contributed by atoms with Crippen LogP contribution < -0.4 is 5.32 Å². The van der Waals surface area contributed by atoms with Gasteiger partial charge < -0.3 is 10.2 Å². The zero-order valence-corrected chi connectivity index (χ0v) is 14.9. The monoisotopic (exact) mass is 353 g/mol. The average Bonchev–Trinajstić information content (AvgIpc) is 3.23. The van der Waals surface area contributed by atoms with Gasteiger partial charge in [0.2, 0.25) is 5.91 Å². The molecule has 2 heterocycles. The van der Waals surface area contributed by atoms with Gasteiger partial charge in [0, 0.05) is 13.1 Å². The highest BCUT2D eigenvalue weighted by atomic mass is 16.2. The van der Waals surface area contributed by atoms with E-state index in [9.17, 15) is 9.59 Å². The second-order valence-corrected chi connectivity index (χ2v) is 7.38. The van der Waals surface area contributed by atoms with Gasteiger partial charge in [0.25, 0.3) is 5.91 Å². The Morgan fingerprint density at radius 2 is 1.81 bits per heavy atom. The first-order chi connectivity index (χ1) is 12.6. The summed E-state index contributed by atoms with van der Waals surface area (Å²) in [5, 5.41) is 11.1. The second-order valence-electron chi connectivity index (χ2n) is 7.38. The molecule has 2 aromatic rings. The molecule has 1 spiro atoms. The summed E-state index contributed by atoms with van der Waals surface area (Å²) in [5.74, 6) is -0.409. The molecular formula is C19H23N5O2. The minimum Gasteiger partial charge on any atom is -0.341 e. The van der Waals surface area contributed by atoms with E-state index >= 15 is 0 Å². The quantitative estimate of drug-likeness (QED) is 0.909. The van der Waals surface area contributed by atoms with E-state index in [-0.39, 0.29) is 17.5 Å². The van der Waals surface area contributed by atoms with Crippen molar-refractivity contribution in [2.24, 2.45) is 5.41 Å². The van der Waals surface area contributed by atoms with Crippen LogP contribution in [0.2, 0.25) is 0 Å². The number of likely N-dealkylation sites (tertiary alicyclic amines) is 1. The summed E-state index contributed by atoms with van der Waals surface area (Å²) in [6.07, 6.45) is 6.20. The number of para-hydroxylation sites is 1. The van der Waals surface area contributed by atoms with Gasteiger partial charge in [-0.25, -0.2) is 0 Å². The minimum atomic E-state index is -0.572. The third kappa shape index (κ3) is 3.34. The Balaban J connectivity index is 1.35. The molecule has 0 radical (unpaired) electrons. The molecule has 1 N–H and O–H groups in total. The highest BCUT2D eigenvalue weighted by Gasteiger charge is 2.45. The van der Waals surface area contributed by atoms with Crippen LogP contribution in [0, 0.1) is 5.41 Å².